The Bertz CT molecular complexity index is 1320. The topological polar surface area (TPSA) is 95.5 Å². The molecular formula is C25H22N4O3. The number of carbonyl (C=O) groups is 2. The lowest BCUT2D eigenvalue weighted by molar-refractivity contribution is 0.0656. The third-order valence-electron chi connectivity index (χ3n) is 5.17. The molecule has 0 saturated heterocycles. The molecule has 0 unspecified atom stereocenters. The van der Waals surface area contributed by atoms with Gasteiger partial charge in [0.05, 0.1) is 22.2 Å². The highest BCUT2D eigenvalue weighted by Gasteiger charge is 2.34. The summed E-state index contributed by atoms with van der Waals surface area (Å²) in [6.45, 7) is 3.96. The molecule has 1 N–H and O–H groups in total. The van der Waals surface area contributed by atoms with Gasteiger partial charge >= 0.3 is 0 Å². The van der Waals surface area contributed by atoms with Crippen molar-refractivity contribution in [2.45, 2.75) is 20.3 Å². The van der Waals surface area contributed by atoms with Crippen molar-refractivity contribution in [3.63, 3.8) is 0 Å². The Morgan fingerprint density at radius 2 is 1.69 bits per heavy atom. The fourth-order valence-corrected chi connectivity index (χ4v) is 3.72. The highest BCUT2D eigenvalue weighted by molar-refractivity contribution is 6.21. The summed E-state index contributed by atoms with van der Waals surface area (Å²) < 4.78 is 0. The van der Waals surface area contributed by atoms with E-state index >= 15 is 0 Å². The fourth-order valence-electron chi connectivity index (χ4n) is 3.72. The largest absolute Gasteiger partial charge is 0.328 e. The molecule has 7 heteroatoms. The molecule has 160 valence electrons. The predicted molar refractivity (Wildman–Crippen MR) is 125 cm³/mol. The molecule has 0 aliphatic carbocycles. The van der Waals surface area contributed by atoms with E-state index in [2.05, 4.69) is 15.0 Å². The lowest BCUT2D eigenvalue weighted by Gasteiger charge is -2.14. The van der Waals surface area contributed by atoms with Gasteiger partial charge in [-0.2, -0.15) is 0 Å². The number of carbonyl (C=O) groups excluding carboxylic acids is 2. The zero-order valence-electron chi connectivity index (χ0n) is 17.8. The first-order chi connectivity index (χ1) is 15.5. The molecule has 4 rings (SSSR count). The minimum absolute atomic E-state index is 0.188. The first kappa shape index (κ1) is 21.1. The number of amides is 2. The number of aliphatic imine (C=N–C) groups is 1. The number of aromatic nitrogens is 2. The van der Waals surface area contributed by atoms with E-state index in [0.717, 1.165) is 0 Å². The number of benzene rings is 1. The van der Waals surface area contributed by atoms with Gasteiger partial charge in [-0.25, -0.2) is 9.98 Å². The normalized spacial score (nSPS) is 13.5. The molecule has 3 aromatic rings. The summed E-state index contributed by atoms with van der Waals surface area (Å²) in [5.74, 6) is -0.304. The molecule has 3 heterocycles. The summed E-state index contributed by atoms with van der Waals surface area (Å²) in [6, 6.07) is 10.4. The minimum atomic E-state index is -0.301. The van der Waals surface area contributed by atoms with Crippen molar-refractivity contribution in [1.82, 2.24) is 14.9 Å². The van der Waals surface area contributed by atoms with E-state index in [4.69, 9.17) is 0 Å². The van der Waals surface area contributed by atoms with Gasteiger partial charge in [0.2, 0.25) is 0 Å². The second kappa shape index (κ2) is 8.93. The lowest BCUT2D eigenvalue weighted by Crippen LogP contribution is -2.31. The van der Waals surface area contributed by atoms with Crippen molar-refractivity contribution in [1.29, 1.82) is 0 Å². The van der Waals surface area contributed by atoms with Crippen LogP contribution in [0.15, 0.2) is 76.7 Å². The molecule has 0 fully saturated rings. The van der Waals surface area contributed by atoms with Crippen LogP contribution in [0.2, 0.25) is 0 Å². The second-order valence-electron chi connectivity index (χ2n) is 7.30. The molecule has 0 radical (unpaired) electrons. The molecule has 2 aromatic heterocycles. The Kier molecular flexibility index (Phi) is 5.89. The molecule has 0 spiro atoms. The molecule has 1 aliphatic heterocycles. The first-order valence-corrected chi connectivity index (χ1v) is 10.3. The van der Waals surface area contributed by atoms with E-state index in [1.54, 1.807) is 42.6 Å². The molecule has 32 heavy (non-hydrogen) atoms. The van der Waals surface area contributed by atoms with E-state index in [0.29, 0.717) is 45.5 Å². The van der Waals surface area contributed by atoms with Gasteiger partial charge in [0.1, 0.15) is 0 Å². The smallest absolute Gasteiger partial charge is 0.261 e. The number of nitrogens with zero attached hydrogens (tertiary/aromatic N) is 3. The van der Waals surface area contributed by atoms with Gasteiger partial charge in [0.15, 0.2) is 5.82 Å². The van der Waals surface area contributed by atoms with Crippen LogP contribution in [0.3, 0.4) is 0 Å². The molecule has 7 nitrogen and oxygen atoms in total. The van der Waals surface area contributed by atoms with Gasteiger partial charge in [-0.15, -0.1) is 0 Å². The van der Waals surface area contributed by atoms with E-state index in [1.165, 1.54) is 4.90 Å². The zero-order chi connectivity index (χ0) is 22.7. The number of fused-ring (bicyclic) bond motifs is 2. The highest BCUT2D eigenvalue weighted by Crippen LogP contribution is 2.25. The number of imide groups is 1. The molecular weight excluding hydrogens is 404 g/mol. The number of rotatable bonds is 6. The van der Waals surface area contributed by atoms with Crippen LogP contribution < -0.4 is 5.56 Å². The van der Waals surface area contributed by atoms with Crippen molar-refractivity contribution in [3.8, 4) is 0 Å². The zero-order valence-corrected chi connectivity index (χ0v) is 17.8. The van der Waals surface area contributed by atoms with Crippen LogP contribution in [0.5, 0.6) is 0 Å². The molecule has 1 aromatic carbocycles. The number of H-pyrrole nitrogens is 1. The van der Waals surface area contributed by atoms with Crippen molar-refractivity contribution in [2.24, 2.45) is 4.99 Å². The summed E-state index contributed by atoms with van der Waals surface area (Å²) in [5.41, 5.74) is 1.86. The second-order valence-corrected chi connectivity index (χ2v) is 7.30. The number of aromatic amines is 1. The van der Waals surface area contributed by atoms with Gasteiger partial charge in [-0.05, 0) is 55.7 Å². The van der Waals surface area contributed by atoms with Crippen LogP contribution in [0.4, 0.5) is 5.82 Å². The maximum atomic E-state index is 12.6. The number of nitrogens with one attached hydrogen (secondary N) is 1. The van der Waals surface area contributed by atoms with E-state index in [9.17, 15) is 14.4 Å². The molecule has 1 aliphatic rings. The van der Waals surface area contributed by atoms with Crippen LogP contribution in [0.25, 0.3) is 10.8 Å². The van der Waals surface area contributed by atoms with Gasteiger partial charge in [0.25, 0.3) is 17.4 Å². The Morgan fingerprint density at radius 1 is 1.03 bits per heavy atom. The van der Waals surface area contributed by atoms with Gasteiger partial charge in [0, 0.05) is 24.9 Å². The van der Waals surface area contributed by atoms with E-state index in [1.807, 2.05) is 38.2 Å². The van der Waals surface area contributed by atoms with Crippen molar-refractivity contribution < 1.29 is 9.59 Å². The lowest BCUT2D eigenvalue weighted by atomic mass is 10.1. The number of allylic oxidation sites excluding steroid dienone is 4. The summed E-state index contributed by atoms with van der Waals surface area (Å²) in [6.07, 6.45) is 9.30. The number of hydrogen-bond donors (Lipinski definition) is 1. The minimum Gasteiger partial charge on any atom is -0.328 e. The Morgan fingerprint density at radius 3 is 2.31 bits per heavy atom. The monoisotopic (exact) mass is 426 g/mol. The third-order valence-corrected chi connectivity index (χ3v) is 5.17. The maximum absolute atomic E-state index is 12.6. The van der Waals surface area contributed by atoms with Gasteiger partial charge in [-0.3, -0.25) is 19.3 Å². The first-order valence-electron chi connectivity index (χ1n) is 10.3. The van der Waals surface area contributed by atoms with Gasteiger partial charge in [-0.1, -0.05) is 24.3 Å². The van der Waals surface area contributed by atoms with Crippen LogP contribution in [0, 0.1) is 0 Å². The van der Waals surface area contributed by atoms with Crippen molar-refractivity contribution in [3.05, 3.63) is 94.1 Å². The number of hydrogen-bond acceptors (Lipinski definition) is 5. The van der Waals surface area contributed by atoms with Crippen molar-refractivity contribution >= 4 is 34.1 Å². The Hall–Kier alpha value is -4.13. The summed E-state index contributed by atoms with van der Waals surface area (Å²) in [5, 5.41) is 1.09. The molecule has 0 saturated carbocycles. The average Bonchev–Trinajstić information content (AvgIpc) is 3.02. The van der Waals surface area contributed by atoms with E-state index in [-0.39, 0.29) is 23.9 Å². The van der Waals surface area contributed by atoms with Crippen LogP contribution in [-0.2, 0) is 6.42 Å². The fraction of sp³-hybridized carbons (Fsp3) is 0.160. The number of pyridine rings is 2. The van der Waals surface area contributed by atoms with Crippen molar-refractivity contribution in [2.75, 3.05) is 6.54 Å². The van der Waals surface area contributed by atoms with Crippen LogP contribution in [-0.4, -0.2) is 38.9 Å². The predicted octanol–water partition coefficient (Wildman–Crippen LogP) is 3.99. The Labute approximate surface area is 184 Å². The maximum Gasteiger partial charge on any atom is 0.261 e. The summed E-state index contributed by atoms with van der Waals surface area (Å²) >= 11 is 0. The van der Waals surface area contributed by atoms with Crippen LogP contribution in [0.1, 0.15) is 40.3 Å². The van der Waals surface area contributed by atoms with E-state index < -0.39 is 0 Å². The quantitative estimate of drug-likeness (QED) is 0.476. The summed E-state index contributed by atoms with van der Waals surface area (Å²) in [4.78, 5) is 50.9. The molecule has 0 atom stereocenters. The average molecular weight is 426 g/mol. The standard InChI is InChI=1S/C25H22N4O3/c1-3-7-17(8-4-2)27-22-21-16(11-13-26-23(21)30)15-18(28-22)12-14-29-24(31)19-9-5-6-10-20(19)25(29)32/h3-11,13,15H,12,14H2,1-2H3,(H,26,30)/b7-3-,8-4-. The van der Waals surface area contributed by atoms with Crippen LogP contribution >= 0.6 is 0 Å². The third kappa shape index (κ3) is 3.92. The van der Waals surface area contributed by atoms with Gasteiger partial charge < -0.3 is 4.98 Å². The SMILES string of the molecule is C/C=C\C(/C=C\C)=Nc1nc(CCN2C(=O)c3ccccc3C2=O)cc2cc[nH]c(=O)c12. The summed E-state index contributed by atoms with van der Waals surface area (Å²) in [7, 11) is 0. The highest BCUT2D eigenvalue weighted by atomic mass is 16.2. The molecule has 0 bridgehead atoms. The Balaban J connectivity index is 1.70. The molecule has 2 amide bonds.